The number of benzene rings is 2. The van der Waals surface area contributed by atoms with E-state index in [0.717, 1.165) is 24.5 Å². The number of hydrogen-bond acceptors (Lipinski definition) is 10. The van der Waals surface area contributed by atoms with E-state index in [0.29, 0.717) is 53.5 Å². The summed E-state index contributed by atoms with van der Waals surface area (Å²) in [5.41, 5.74) is 4.37. The fourth-order valence-electron chi connectivity index (χ4n) is 5.09. The molecule has 14 heteroatoms. The molecule has 4 N–H and O–H groups in total. The summed E-state index contributed by atoms with van der Waals surface area (Å²) >= 11 is 6.03. The summed E-state index contributed by atoms with van der Waals surface area (Å²) in [6, 6.07) is 13.2. The first kappa shape index (κ1) is 33.8. The molecule has 1 saturated heterocycles. The average molecular weight is 662 g/mol. The second-order valence-corrected chi connectivity index (χ2v) is 10.6. The molecule has 0 atom stereocenters. The summed E-state index contributed by atoms with van der Waals surface area (Å²) in [4.78, 5) is 26.2. The Hall–Kier alpha value is -5.11. The molecule has 0 spiro atoms. The molecular weight excluding hydrogens is 634 g/mol. The second kappa shape index (κ2) is 15.3. The average Bonchev–Trinajstić information content (AvgIpc) is 3.07. The van der Waals surface area contributed by atoms with Gasteiger partial charge in [-0.3, -0.25) is 10.0 Å². The molecule has 0 radical (unpaired) electrons. The zero-order chi connectivity index (χ0) is 31.9. The van der Waals surface area contributed by atoms with Gasteiger partial charge in [-0.25, -0.2) is 24.8 Å². The van der Waals surface area contributed by atoms with Gasteiger partial charge in [0, 0.05) is 67.0 Å². The third-order valence-corrected chi connectivity index (χ3v) is 7.73. The van der Waals surface area contributed by atoms with E-state index in [1.807, 2.05) is 11.0 Å². The molecule has 11 nitrogen and oxygen atoms in total. The van der Waals surface area contributed by atoms with Gasteiger partial charge >= 0.3 is 0 Å². The normalized spacial score (nSPS) is 13.1. The van der Waals surface area contributed by atoms with Gasteiger partial charge in [0.2, 0.25) is 0 Å². The van der Waals surface area contributed by atoms with E-state index in [9.17, 15) is 24.8 Å². The number of hydroxylamine groups is 1. The number of rotatable bonds is 8. The molecule has 234 valence electrons. The summed E-state index contributed by atoms with van der Waals surface area (Å²) < 4.78 is 14.8. The minimum Gasteiger partial charge on any atom is -0.506 e. The van der Waals surface area contributed by atoms with E-state index in [2.05, 4.69) is 26.3 Å². The quantitative estimate of drug-likeness (QED) is 0.113. The lowest BCUT2D eigenvalue weighted by atomic mass is 9.91. The SMILES string of the molecule is Cl.N#Cc1ccc(-c2c(-c3ccc(Cl)c(O)c3)cnc(N3CCC(NCc4cnc(/C=C/C(=O)NO)nc4)CC3)c2C#N)cc1F. The number of aromatic nitrogens is 3. The number of phenols is 1. The molecule has 1 aliphatic rings. The van der Waals surface area contributed by atoms with Crippen molar-refractivity contribution in [3.63, 3.8) is 0 Å². The molecule has 1 amide bonds. The number of pyridine rings is 1. The standard InChI is InChI=1S/C32H26ClFN8O3.ClH/c33-26-4-3-20(12-28(26)43)25-18-40-32(24(14-36)31(25)21-1-2-22(13-35)27(34)11-21)42-9-7-23(8-10-42)37-15-19-16-38-29(39-17-19)5-6-30(44)41-45;/h1-6,11-12,16-18,23,37,43,45H,7-10,15H2,(H,41,44);1H/b6-5+;. The topological polar surface area (TPSA) is 171 Å². The van der Waals surface area contributed by atoms with E-state index in [1.54, 1.807) is 30.7 Å². The number of anilines is 1. The van der Waals surface area contributed by atoms with Crippen molar-refractivity contribution in [2.24, 2.45) is 0 Å². The molecule has 4 aromatic rings. The highest BCUT2D eigenvalue weighted by Gasteiger charge is 2.26. The van der Waals surface area contributed by atoms with Gasteiger partial charge < -0.3 is 15.3 Å². The minimum atomic E-state index is -0.709. The molecule has 5 rings (SSSR count). The summed E-state index contributed by atoms with van der Waals surface area (Å²) in [6.45, 7) is 1.74. The molecule has 46 heavy (non-hydrogen) atoms. The lowest BCUT2D eigenvalue weighted by molar-refractivity contribution is -0.124. The Morgan fingerprint density at radius 2 is 1.78 bits per heavy atom. The number of nitrogens with zero attached hydrogens (tertiary/aromatic N) is 6. The minimum absolute atomic E-state index is 0. The van der Waals surface area contributed by atoms with Gasteiger partial charge in [-0.15, -0.1) is 12.4 Å². The molecule has 3 heterocycles. The Kier molecular flexibility index (Phi) is 11.2. The molecule has 0 unspecified atom stereocenters. The van der Waals surface area contributed by atoms with Gasteiger partial charge in [0.15, 0.2) is 5.82 Å². The van der Waals surface area contributed by atoms with Crippen LogP contribution in [0.3, 0.4) is 0 Å². The Labute approximate surface area is 275 Å². The smallest absolute Gasteiger partial charge is 0.267 e. The maximum Gasteiger partial charge on any atom is 0.267 e. The summed E-state index contributed by atoms with van der Waals surface area (Å²) in [5.74, 6) is -0.734. The Morgan fingerprint density at radius 3 is 2.41 bits per heavy atom. The molecule has 2 aromatic carbocycles. The zero-order valence-electron chi connectivity index (χ0n) is 24.1. The number of amides is 1. The van der Waals surface area contributed by atoms with Crippen molar-refractivity contribution in [2.75, 3.05) is 18.0 Å². The van der Waals surface area contributed by atoms with E-state index >= 15 is 0 Å². The molecule has 1 fully saturated rings. The number of nitriles is 2. The Balaban J connectivity index is 0.00000480. The Morgan fingerprint density at radius 1 is 1.07 bits per heavy atom. The number of piperidine rings is 1. The summed E-state index contributed by atoms with van der Waals surface area (Å²) in [6.07, 6.45) is 8.95. The van der Waals surface area contributed by atoms with Crippen LogP contribution in [0.5, 0.6) is 5.75 Å². The highest BCUT2D eigenvalue weighted by atomic mass is 35.5. The van der Waals surface area contributed by atoms with Crippen molar-refractivity contribution < 1.29 is 19.5 Å². The third kappa shape index (κ3) is 7.57. The van der Waals surface area contributed by atoms with Gasteiger partial charge in [-0.2, -0.15) is 10.5 Å². The predicted molar refractivity (Wildman–Crippen MR) is 171 cm³/mol. The second-order valence-electron chi connectivity index (χ2n) is 10.2. The molecule has 0 saturated carbocycles. The van der Waals surface area contributed by atoms with Crippen molar-refractivity contribution in [1.82, 2.24) is 25.7 Å². The fourth-order valence-corrected chi connectivity index (χ4v) is 5.21. The van der Waals surface area contributed by atoms with Crippen LogP contribution in [0.4, 0.5) is 10.2 Å². The van der Waals surface area contributed by atoms with Crippen molar-refractivity contribution in [3.8, 4) is 40.1 Å². The zero-order valence-corrected chi connectivity index (χ0v) is 25.7. The number of aromatic hydroxyl groups is 1. The first-order chi connectivity index (χ1) is 21.8. The lowest BCUT2D eigenvalue weighted by Gasteiger charge is -2.34. The monoisotopic (exact) mass is 660 g/mol. The maximum atomic E-state index is 14.8. The number of carbonyl (C=O) groups is 1. The van der Waals surface area contributed by atoms with E-state index in [1.165, 1.54) is 35.8 Å². The van der Waals surface area contributed by atoms with E-state index < -0.39 is 11.7 Å². The van der Waals surface area contributed by atoms with Gasteiger partial charge in [0.1, 0.15) is 35.1 Å². The molecule has 1 aliphatic heterocycles. The van der Waals surface area contributed by atoms with Gasteiger partial charge in [-0.05, 0) is 54.3 Å². The largest absolute Gasteiger partial charge is 0.506 e. The van der Waals surface area contributed by atoms with Gasteiger partial charge in [-0.1, -0.05) is 23.7 Å². The van der Waals surface area contributed by atoms with Gasteiger partial charge in [0.25, 0.3) is 5.91 Å². The molecule has 2 aromatic heterocycles. The van der Waals surface area contributed by atoms with Crippen LogP contribution in [0.15, 0.2) is 61.1 Å². The first-order valence-electron chi connectivity index (χ1n) is 13.8. The number of phenolic OH excluding ortho intramolecular Hbond substituents is 1. The fraction of sp³-hybridized carbons (Fsp3) is 0.188. The number of halogens is 3. The van der Waals surface area contributed by atoms with E-state index in [-0.39, 0.29) is 40.3 Å². The summed E-state index contributed by atoms with van der Waals surface area (Å²) in [7, 11) is 0. The van der Waals surface area contributed by atoms with E-state index in [4.69, 9.17) is 16.8 Å². The van der Waals surface area contributed by atoms with Crippen LogP contribution in [0.1, 0.15) is 35.4 Å². The van der Waals surface area contributed by atoms with Gasteiger partial charge in [0.05, 0.1) is 10.6 Å². The number of nitrogens with one attached hydrogen (secondary N) is 2. The Bertz CT molecular complexity index is 1850. The van der Waals surface area contributed by atoms with Crippen LogP contribution < -0.4 is 15.7 Å². The molecule has 0 aliphatic carbocycles. The number of carbonyl (C=O) groups excluding carboxylic acids is 1. The number of hydrogen-bond donors (Lipinski definition) is 4. The van der Waals surface area contributed by atoms with Crippen molar-refractivity contribution in [2.45, 2.75) is 25.4 Å². The maximum absolute atomic E-state index is 14.8. The predicted octanol–water partition coefficient (Wildman–Crippen LogP) is 5.15. The third-order valence-electron chi connectivity index (χ3n) is 7.41. The van der Waals surface area contributed by atoms with Crippen LogP contribution in [-0.2, 0) is 11.3 Å². The van der Waals surface area contributed by atoms with Crippen LogP contribution in [0.2, 0.25) is 5.02 Å². The van der Waals surface area contributed by atoms with Crippen molar-refractivity contribution in [1.29, 1.82) is 10.5 Å². The summed E-state index contributed by atoms with van der Waals surface area (Å²) in [5, 5.41) is 42.1. The van der Waals surface area contributed by atoms with Crippen LogP contribution in [0.25, 0.3) is 28.3 Å². The molecular formula is C32H27Cl2FN8O3. The highest BCUT2D eigenvalue weighted by molar-refractivity contribution is 6.32. The van der Waals surface area contributed by atoms with Crippen LogP contribution in [0, 0.1) is 28.5 Å². The highest BCUT2D eigenvalue weighted by Crippen LogP contribution is 2.41. The molecule has 0 bridgehead atoms. The first-order valence-corrected chi connectivity index (χ1v) is 14.2. The van der Waals surface area contributed by atoms with Crippen molar-refractivity contribution >= 4 is 41.8 Å². The lowest BCUT2D eigenvalue weighted by Crippen LogP contribution is -2.43. The van der Waals surface area contributed by atoms with Crippen LogP contribution in [-0.4, -0.2) is 50.3 Å². The van der Waals surface area contributed by atoms with Crippen molar-refractivity contribution in [3.05, 3.63) is 94.4 Å². The van der Waals surface area contributed by atoms with Crippen LogP contribution >= 0.6 is 24.0 Å².